The number of hydrogen-bond donors (Lipinski definition) is 1. The third kappa shape index (κ3) is 4.18. The van der Waals surface area contributed by atoms with Crippen molar-refractivity contribution >= 4 is 11.4 Å². The average Bonchev–Trinajstić information content (AvgIpc) is 3.25. The molecule has 2 heterocycles. The van der Waals surface area contributed by atoms with Crippen LogP contribution in [0.25, 0.3) is 16.8 Å². The number of methoxy groups -OCH3 is 2. The number of nitrogens with one attached hydrogen (secondary N) is 1. The predicted octanol–water partition coefficient (Wildman–Crippen LogP) is 2.75. The van der Waals surface area contributed by atoms with Gasteiger partial charge in [0.25, 0.3) is 11.5 Å². The highest BCUT2D eigenvalue weighted by Gasteiger charge is 2.12. The lowest BCUT2D eigenvalue weighted by Crippen LogP contribution is -2.31. The van der Waals surface area contributed by atoms with Gasteiger partial charge in [-0.05, 0) is 48.5 Å². The predicted molar refractivity (Wildman–Crippen MR) is 117 cm³/mol. The van der Waals surface area contributed by atoms with E-state index in [1.165, 1.54) is 28.3 Å². The number of benzene rings is 2. The zero-order valence-corrected chi connectivity index (χ0v) is 17.5. The van der Waals surface area contributed by atoms with E-state index in [0.29, 0.717) is 11.2 Å². The molecule has 32 heavy (non-hydrogen) atoms. The molecule has 2 aromatic heterocycles. The van der Waals surface area contributed by atoms with Crippen molar-refractivity contribution in [3.63, 3.8) is 0 Å². The first-order valence-electron chi connectivity index (χ1n) is 9.85. The van der Waals surface area contributed by atoms with Gasteiger partial charge in [-0.25, -0.2) is 8.91 Å². The van der Waals surface area contributed by atoms with Gasteiger partial charge in [-0.15, -0.1) is 0 Å². The van der Waals surface area contributed by atoms with Crippen LogP contribution < -0.4 is 20.3 Å². The minimum absolute atomic E-state index is 0.0659. The van der Waals surface area contributed by atoms with Crippen LogP contribution in [0.5, 0.6) is 11.5 Å². The van der Waals surface area contributed by atoms with E-state index in [2.05, 4.69) is 10.4 Å². The van der Waals surface area contributed by atoms with Crippen LogP contribution in [0.15, 0.2) is 65.7 Å². The Kier molecular flexibility index (Phi) is 5.89. The van der Waals surface area contributed by atoms with E-state index in [9.17, 15) is 14.0 Å². The summed E-state index contributed by atoms with van der Waals surface area (Å²) in [5.74, 6) is -0.252. The molecule has 1 N–H and O–H groups in total. The zero-order chi connectivity index (χ0) is 22.7. The van der Waals surface area contributed by atoms with Crippen LogP contribution in [0.1, 0.15) is 10.4 Å². The van der Waals surface area contributed by atoms with E-state index in [1.54, 1.807) is 25.6 Å². The molecule has 0 radical (unpaired) electrons. The number of aromatic nitrogens is 3. The second-order valence-electron chi connectivity index (χ2n) is 6.99. The molecule has 4 aromatic rings. The van der Waals surface area contributed by atoms with Gasteiger partial charge in [0.2, 0.25) is 0 Å². The summed E-state index contributed by atoms with van der Waals surface area (Å²) in [5.41, 5.74) is 1.88. The molecule has 0 bridgehead atoms. The molecular formula is C23H21FN4O4. The van der Waals surface area contributed by atoms with Crippen LogP contribution in [-0.2, 0) is 6.54 Å². The van der Waals surface area contributed by atoms with Crippen LogP contribution >= 0.6 is 0 Å². The number of rotatable bonds is 7. The van der Waals surface area contributed by atoms with Crippen molar-refractivity contribution in [2.75, 3.05) is 20.8 Å². The molecule has 164 valence electrons. The summed E-state index contributed by atoms with van der Waals surface area (Å²) in [5, 5.41) is 7.15. The molecule has 0 fully saturated rings. The number of nitrogens with zero attached hydrogens (tertiary/aromatic N) is 3. The van der Waals surface area contributed by atoms with Gasteiger partial charge in [0, 0.05) is 36.6 Å². The Morgan fingerprint density at radius 1 is 1.06 bits per heavy atom. The van der Waals surface area contributed by atoms with E-state index >= 15 is 0 Å². The van der Waals surface area contributed by atoms with Crippen LogP contribution in [0, 0.1) is 5.82 Å². The second kappa shape index (κ2) is 8.93. The smallest absolute Gasteiger partial charge is 0.276 e. The Labute approximate surface area is 182 Å². The van der Waals surface area contributed by atoms with E-state index in [4.69, 9.17) is 9.47 Å². The molecular weight excluding hydrogens is 415 g/mol. The zero-order valence-electron chi connectivity index (χ0n) is 17.5. The van der Waals surface area contributed by atoms with Gasteiger partial charge in [0.05, 0.1) is 19.9 Å². The molecule has 0 saturated carbocycles. The van der Waals surface area contributed by atoms with E-state index in [-0.39, 0.29) is 30.0 Å². The standard InChI is InChI=1S/C23H21FN4O4/c1-31-17-6-3-15(4-7-17)19-14-20-23(30)27(11-12-28(20)26-19)10-9-25-22(29)16-5-8-21(32-2)18(24)13-16/h3-8,11-14H,9-10H2,1-2H3,(H,25,29). The molecule has 0 aliphatic heterocycles. The first-order chi connectivity index (χ1) is 15.5. The lowest BCUT2D eigenvalue weighted by molar-refractivity contribution is 0.0951. The Morgan fingerprint density at radius 2 is 1.84 bits per heavy atom. The van der Waals surface area contributed by atoms with E-state index in [0.717, 1.165) is 17.4 Å². The van der Waals surface area contributed by atoms with Crippen molar-refractivity contribution in [2.24, 2.45) is 0 Å². The quantitative estimate of drug-likeness (QED) is 0.482. The van der Waals surface area contributed by atoms with E-state index in [1.807, 2.05) is 24.3 Å². The highest BCUT2D eigenvalue weighted by Crippen LogP contribution is 2.21. The SMILES string of the molecule is COc1ccc(-c2cc3c(=O)n(CCNC(=O)c4ccc(OC)c(F)c4)ccn3n2)cc1. The number of carbonyl (C=O) groups excluding carboxylic acids is 1. The van der Waals surface area contributed by atoms with Crippen LogP contribution in [0.4, 0.5) is 4.39 Å². The van der Waals surface area contributed by atoms with Crippen molar-refractivity contribution in [3.05, 3.63) is 82.7 Å². The molecule has 1 amide bonds. The first kappa shape index (κ1) is 21.1. The van der Waals surface area contributed by atoms with Gasteiger partial charge in [-0.1, -0.05) is 0 Å². The fourth-order valence-electron chi connectivity index (χ4n) is 3.30. The maximum absolute atomic E-state index is 13.8. The molecule has 4 rings (SSSR count). The molecule has 0 unspecified atom stereocenters. The van der Waals surface area contributed by atoms with Gasteiger partial charge < -0.3 is 19.4 Å². The van der Waals surface area contributed by atoms with Crippen LogP contribution in [-0.4, -0.2) is 40.9 Å². The third-order valence-electron chi connectivity index (χ3n) is 5.04. The topological polar surface area (TPSA) is 86.9 Å². The van der Waals surface area contributed by atoms with Crippen molar-refractivity contribution in [1.82, 2.24) is 19.5 Å². The highest BCUT2D eigenvalue weighted by atomic mass is 19.1. The first-order valence-corrected chi connectivity index (χ1v) is 9.85. The fraction of sp³-hybridized carbons (Fsp3) is 0.174. The lowest BCUT2D eigenvalue weighted by atomic mass is 10.1. The number of fused-ring (bicyclic) bond motifs is 1. The van der Waals surface area contributed by atoms with Crippen LogP contribution in [0.2, 0.25) is 0 Å². The van der Waals surface area contributed by atoms with Crippen molar-refractivity contribution in [2.45, 2.75) is 6.54 Å². The molecule has 0 spiro atoms. The normalized spacial score (nSPS) is 10.8. The van der Waals surface area contributed by atoms with Gasteiger partial charge in [-0.3, -0.25) is 9.59 Å². The van der Waals surface area contributed by atoms with Gasteiger partial charge in [0.15, 0.2) is 11.6 Å². The minimum Gasteiger partial charge on any atom is -0.497 e. The molecule has 9 heteroatoms. The highest BCUT2D eigenvalue weighted by molar-refractivity contribution is 5.94. The number of amides is 1. The number of hydrogen-bond acceptors (Lipinski definition) is 5. The number of ether oxygens (including phenoxy) is 2. The third-order valence-corrected chi connectivity index (χ3v) is 5.04. The summed E-state index contributed by atoms with van der Waals surface area (Å²) in [4.78, 5) is 25.1. The maximum Gasteiger partial charge on any atom is 0.276 e. The van der Waals surface area contributed by atoms with E-state index < -0.39 is 11.7 Å². The largest absolute Gasteiger partial charge is 0.497 e. The van der Waals surface area contributed by atoms with Gasteiger partial charge in [0.1, 0.15) is 11.3 Å². The molecule has 0 atom stereocenters. The molecule has 0 aliphatic carbocycles. The molecule has 2 aromatic carbocycles. The fourth-order valence-corrected chi connectivity index (χ4v) is 3.30. The second-order valence-corrected chi connectivity index (χ2v) is 6.99. The molecule has 0 saturated heterocycles. The lowest BCUT2D eigenvalue weighted by Gasteiger charge is -2.09. The Balaban J connectivity index is 1.46. The Morgan fingerprint density at radius 3 is 2.53 bits per heavy atom. The van der Waals surface area contributed by atoms with Crippen molar-refractivity contribution < 1.29 is 18.7 Å². The van der Waals surface area contributed by atoms with Crippen molar-refractivity contribution in [1.29, 1.82) is 0 Å². The minimum atomic E-state index is -0.616. The number of carbonyl (C=O) groups is 1. The Hall–Kier alpha value is -4.14. The summed E-state index contributed by atoms with van der Waals surface area (Å²) in [6.45, 7) is 0.449. The average molecular weight is 436 g/mol. The van der Waals surface area contributed by atoms with Crippen LogP contribution in [0.3, 0.4) is 0 Å². The summed E-state index contributed by atoms with van der Waals surface area (Å²) in [6, 6.07) is 13.1. The summed E-state index contributed by atoms with van der Waals surface area (Å²) in [6.07, 6.45) is 3.30. The molecule has 0 aliphatic rings. The number of halogens is 1. The molecule has 8 nitrogen and oxygen atoms in total. The van der Waals surface area contributed by atoms with Crippen molar-refractivity contribution in [3.8, 4) is 22.8 Å². The maximum atomic E-state index is 13.8. The monoisotopic (exact) mass is 436 g/mol. The van der Waals surface area contributed by atoms with Gasteiger partial charge in [-0.2, -0.15) is 5.10 Å². The summed E-state index contributed by atoms with van der Waals surface area (Å²) < 4.78 is 26.8. The Bertz CT molecular complexity index is 1330. The van der Waals surface area contributed by atoms with Gasteiger partial charge >= 0.3 is 0 Å². The summed E-state index contributed by atoms with van der Waals surface area (Å²) in [7, 11) is 2.95. The summed E-state index contributed by atoms with van der Waals surface area (Å²) >= 11 is 0.